The molecule has 0 aromatic heterocycles. The van der Waals surface area contributed by atoms with Crippen LogP contribution in [0, 0.1) is 11.2 Å². The van der Waals surface area contributed by atoms with Crippen molar-refractivity contribution in [3.05, 3.63) is 58.4 Å². The number of esters is 1. The summed E-state index contributed by atoms with van der Waals surface area (Å²) in [5.74, 6) is -0.383. The van der Waals surface area contributed by atoms with Crippen molar-refractivity contribution in [3.8, 4) is 11.5 Å². The van der Waals surface area contributed by atoms with Gasteiger partial charge in [-0.3, -0.25) is 4.90 Å². The van der Waals surface area contributed by atoms with Gasteiger partial charge in [-0.2, -0.15) is 0 Å². The first-order chi connectivity index (χ1) is 16.5. The van der Waals surface area contributed by atoms with E-state index in [4.69, 9.17) is 25.8 Å². The third kappa shape index (κ3) is 6.44. The number of halogens is 2. The first-order valence-corrected chi connectivity index (χ1v) is 11.8. The summed E-state index contributed by atoms with van der Waals surface area (Å²) in [7, 11) is 2.71. The number of likely N-dealkylation sites (tertiary alicyclic amines) is 1. The number of aliphatic hydroxyl groups excluding tert-OH is 1. The number of methoxy groups -OCH3 is 2. The normalized spacial score (nSPS) is 20.8. The lowest BCUT2D eigenvalue weighted by atomic mass is 9.67. The van der Waals surface area contributed by atoms with Crippen molar-refractivity contribution in [3.63, 3.8) is 0 Å². The van der Waals surface area contributed by atoms with Gasteiger partial charge in [0.05, 0.1) is 24.8 Å². The topological polar surface area (TPSA) is 88.5 Å². The Morgan fingerprint density at radius 1 is 1.20 bits per heavy atom. The fourth-order valence-electron chi connectivity index (χ4n) is 4.51. The molecule has 3 rings (SSSR count). The van der Waals surface area contributed by atoms with E-state index in [9.17, 15) is 19.4 Å². The molecular formula is C26H33ClFNO6. The monoisotopic (exact) mass is 509 g/mol. The van der Waals surface area contributed by atoms with E-state index in [1.165, 1.54) is 38.5 Å². The van der Waals surface area contributed by atoms with E-state index >= 15 is 0 Å². The summed E-state index contributed by atoms with van der Waals surface area (Å²) in [5, 5.41) is 22.3. The van der Waals surface area contributed by atoms with Crippen LogP contribution in [0.1, 0.15) is 36.2 Å². The molecule has 0 spiro atoms. The van der Waals surface area contributed by atoms with Crippen LogP contribution in [0.2, 0.25) is 5.02 Å². The molecule has 2 atom stereocenters. The standard InChI is InChI=1S/C26H33ClFNO6/c1-25(2)16-29(10-9-26(25,32)13-17-5-7-18(28)8-6-17)14-19(30)15-35-22-12-23(33-3)21(27)11-20(22)24(31)34-4/h5-8,11-12,19,30,32H,9-10,13-16H2,1-4H3. The molecule has 1 aliphatic rings. The Kier molecular flexibility index (Phi) is 8.64. The molecule has 9 heteroatoms. The maximum atomic E-state index is 13.3. The average Bonchev–Trinajstić information content (AvgIpc) is 2.81. The molecule has 1 aliphatic heterocycles. The highest BCUT2D eigenvalue weighted by Crippen LogP contribution is 2.41. The number of ether oxygens (including phenoxy) is 3. The summed E-state index contributed by atoms with van der Waals surface area (Å²) in [6.45, 7) is 5.40. The van der Waals surface area contributed by atoms with E-state index in [1.54, 1.807) is 12.1 Å². The zero-order valence-electron chi connectivity index (χ0n) is 20.5. The van der Waals surface area contributed by atoms with Crippen molar-refractivity contribution in [2.75, 3.05) is 40.5 Å². The second kappa shape index (κ2) is 11.1. The van der Waals surface area contributed by atoms with Crippen molar-refractivity contribution in [2.24, 2.45) is 5.41 Å². The minimum atomic E-state index is -0.960. The number of nitrogens with zero attached hydrogens (tertiary/aromatic N) is 1. The highest BCUT2D eigenvalue weighted by Gasteiger charge is 2.47. The van der Waals surface area contributed by atoms with Gasteiger partial charge < -0.3 is 24.4 Å². The molecule has 192 valence electrons. The zero-order valence-corrected chi connectivity index (χ0v) is 21.3. The van der Waals surface area contributed by atoms with Gasteiger partial charge in [0.25, 0.3) is 0 Å². The molecule has 1 saturated heterocycles. The van der Waals surface area contributed by atoms with Crippen LogP contribution < -0.4 is 9.47 Å². The second-order valence-corrected chi connectivity index (χ2v) is 10.1. The van der Waals surface area contributed by atoms with Gasteiger partial charge in [0.15, 0.2) is 0 Å². The third-order valence-electron chi connectivity index (χ3n) is 6.69. The number of piperidine rings is 1. The van der Waals surface area contributed by atoms with Crippen molar-refractivity contribution in [1.29, 1.82) is 0 Å². The Hall–Kier alpha value is -2.39. The molecule has 1 fully saturated rings. The number of rotatable bonds is 9. The number of carbonyl (C=O) groups excluding carboxylic acids is 1. The Bertz CT molecular complexity index is 1030. The maximum Gasteiger partial charge on any atom is 0.341 e. The molecule has 1 heterocycles. The molecule has 2 unspecified atom stereocenters. The SMILES string of the molecule is COC(=O)c1cc(Cl)c(OC)cc1OCC(O)CN1CCC(O)(Cc2ccc(F)cc2)C(C)(C)C1. The molecule has 0 aliphatic carbocycles. The van der Waals surface area contributed by atoms with Gasteiger partial charge in [-0.25, -0.2) is 9.18 Å². The predicted molar refractivity (Wildman–Crippen MR) is 131 cm³/mol. The smallest absolute Gasteiger partial charge is 0.341 e. The lowest BCUT2D eigenvalue weighted by molar-refractivity contribution is -0.123. The number of β-amino-alcohol motifs (C(OH)–C–C–N with tert-alkyl or cyclic N) is 1. The summed E-state index contributed by atoms with van der Waals surface area (Å²) >= 11 is 6.12. The second-order valence-electron chi connectivity index (χ2n) is 9.64. The first kappa shape index (κ1) is 27.2. The highest BCUT2D eigenvalue weighted by atomic mass is 35.5. The van der Waals surface area contributed by atoms with Gasteiger partial charge in [-0.05, 0) is 30.2 Å². The Morgan fingerprint density at radius 2 is 1.89 bits per heavy atom. The van der Waals surface area contributed by atoms with Gasteiger partial charge in [-0.1, -0.05) is 37.6 Å². The summed E-state index contributed by atoms with van der Waals surface area (Å²) < 4.78 is 29.0. The van der Waals surface area contributed by atoms with Crippen LogP contribution in [0.3, 0.4) is 0 Å². The number of benzene rings is 2. The quantitative estimate of drug-likeness (QED) is 0.498. The van der Waals surface area contributed by atoms with E-state index in [2.05, 4.69) is 4.90 Å². The minimum Gasteiger partial charge on any atom is -0.495 e. The van der Waals surface area contributed by atoms with Gasteiger partial charge in [0.1, 0.15) is 35.6 Å². The maximum absolute atomic E-state index is 13.3. The highest BCUT2D eigenvalue weighted by molar-refractivity contribution is 6.32. The van der Waals surface area contributed by atoms with Crippen LogP contribution in [0.15, 0.2) is 36.4 Å². The molecular weight excluding hydrogens is 477 g/mol. The third-order valence-corrected chi connectivity index (χ3v) is 6.98. The van der Waals surface area contributed by atoms with Crippen LogP contribution in [-0.2, 0) is 11.2 Å². The van der Waals surface area contributed by atoms with E-state index in [1.807, 2.05) is 13.8 Å². The Balaban J connectivity index is 1.61. The van der Waals surface area contributed by atoms with Gasteiger partial charge in [-0.15, -0.1) is 0 Å². The van der Waals surface area contributed by atoms with Gasteiger partial charge in [0, 0.05) is 37.5 Å². The fourth-order valence-corrected chi connectivity index (χ4v) is 4.75. The molecule has 0 radical (unpaired) electrons. The van der Waals surface area contributed by atoms with Crippen molar-refractivity contribution >= 4 is 17.6 Å². The Morgan fingerprint density at radius 3 is 2.49 bits per heavy atom. The molecule has 35 heavy (non-hydrogen) atoms. The molecule has 2 aromatic carbocycles. The summed E-state index contributed by atoms with van der Waals surface area (Å²) in [6, 6.07) is 9.10. The summed E-state index contributed by atoms with van der Waals surface area (Å²) in [5.41, 5.74) is -0.418. The Labute approximate surface area is 210 Å². The summed E-state index contributed by atoms with van der Waals surface area (Å²) in [6.07, 6.45) is 0.0848. The predicted octanol–water partition coefficient (Wildman–Crippen LogP) is 3.72. The van der Waals surface area contributed by atoms with Crippen LogP contribution >= 0.6 is 11.6 Å². The van der Waals surface area contributed by atoms with Crippen molar-refractivity contribution < 1.29 is 33.6 Å². The average molecular weight is 510 g/mol. The molecule has 0 saturated carbocycles. The number of hydrogen-bond acceptors (Lipinski definition) is 7. The molecule has 2 N–H and O–H groups in total. The van der Waals surface area contributed by atoms with Crippen molar-refractivity contribution in [1.82, 2.24) is 4.90 Å². The van der Waals surface area contributed by atoms with E-state index < -0.39 is 23.1 Å². The van der Waals surface area contributed by atoms with E-state index in [0.717, 1.165) is 5.56 Å². The van der Waals surface area contributed by atoms with Crippen LogP contribution in [-0.4, -0.2) is 73.2 Å². The van der Waals surface area contributed by atoms with Gasteiger partial charge >= 0.3 is 5.97 Å². The first-order valence-electron chi connectivity index (χ1n) is 11.4. The fraction of sp³-hybridized carbons (Fsp3) is 0.500. The number of hydrogen-bond donors (Lipinski definition) is 2. The van der Waals surface area contributed by atoms with E-state index in [-0.39, 0.29) is 28.8 Å². The molecule has 0 amide bonds. The number of carbonyl (C=O) groups is 1. The zero-order chi connectivity index (χ0) is 25.8. The summed E-state index contributed by atoms with van der Waals surface area (Å²) in [4.78, 5) is 14.2. The minimum absolute atomic E-state index is 0.0639. The lowest BCUT2D eigenvalue weighted by Crippen LogP contribution is -2.59. The largest absolute Gasteiger partial charge is 0.495 e. The molecule has 2 aromatic rings. The van der Waals surface area contributed by atoms with Crippen LogP contribution in [0.4, 0.5) is 4.39 Å². The van der Waals surface area contributed by atoms with Crippen LogP contribution in [0.5, 0.6) is 11.5 Å². The molecule has 0 bridgehead atoms. The molecule has 7 nitrogen and oxygen atoms in total. The van der Waals surface area contributed by atoms with E-state index in [0.29, 0.717) is 38.2 Å². The lowest BCUT2D eigenvalue weighted by Gasteiger charge is -2.51. The number of aliphatic hydroxyl groups is 2. The van der Waals surface area contributed by atoms with Crippen LogP contribution in [0.25, 0.3) is 0 Å². The van der Waals surface area contributed by atoms with Gasteiger partial charge in [0.2, 0.25) is 0 Å². The van der Waals surface area contributed by atoms with Crippen molar-refractivity contribution in [2.45, 2.75) is 38.4 Å².